The van der Waals surface area contributed by atoms with Crippen molar-refractivity contribution in [3.8, 4) is 0 Å². The molecule has 0 saturated heterocycles. The van der Waals surface area contributed by atoms with Gasteiger partial charge in [0.15, 0.2) is 0 Å². The molecule has 0 aliphatic rings. The summed E-state index contributed by atoms with van der Waals surface area (Å²) in [5, 5.41) is 0. The zero-order valence-corrected chi connectivity index (χ0v) is 14.4. The van der Waals surface area contributed by atoms with Crippen LogP contribution in [0.3, 0.4) is 0 Å². The van der Waals surface area contributed by atoms with Gasteiger partial charge < -0.3 is 4.42 Å². The maximum Gasteiger partial charge on any atom is 0.241 e. The molecule has 2 rings (SSSR count). The summed E-state index contributed by atoms with van der Waals surface area (Å²) in [6, 6.07) is 8.78. The molecule has 1 unspecified atom stereocenters. The summed E-state index contributed by atoms with van der Waals surface area (Å²) in [6.45, 7) is 3.64. The Hall–Kier alpha value is -1.11. The highest BCUT2D eigenvalue weighted by Gasteiger charge is 2.19. The highest BCUT2D eigenvalue weighted by atomic mass is 79.9. The Kier molecular flexibility index (Phi) is 5.24. The van der Waals surface area contributed by atoms with Crippen molar-refractivity contribution in [3.05, 3.63) is 52.4 Å². The quantitative estimate of drug-likeness (QED) is 0.842. The van der Waals surface area contributed by atoms with Crippen molar-refractivity contribution in [2.24, 2.45) is 0 Å². The number of rotatable bonds is 6. The van der Waals surface area contributed by atoms with Gasteiger partial charge in [-0.1, -0.05) is 22.0 Å². The van der Waals surface area contributed by atoms with E-state index in [0.717, 1.165) is 15.8 Å². The molecule has 2 aromatic rings. The Morgan fingerprint density at radius 3 is 2.76 bits per heavy atom. The molecule has 0 saturated carbocycles. The van der Waals surface area contributed by atoms with Crippen molar-refractivity contribution in [1.82, 2.24) is 4.72 Å². The van der Waals surface area contributed by atoms with Gasteiger partial charge in [0.1, 0.15) is 5.76 Å². The predicted octanol–water partition coefficient (Wildman–Crippen LogP) is 3.65. The van der Waals surface area contributed by atoms with Crippen molar-refractivity contribution >= 4 is 26.0 Å². The highest BCUT2D eigenvalue weighted by molar-refractivity contribution is 9.10. The van der Waals surface area contributed by atoms with Crippen molar-refractivity contribution < 1.29 is 12.8 Å². The fourth-order valence-electron chi connectivity index (χ4n) is 2.06. The molecule has 21 heavy (non-hydrogen) atoms. The largest absolute Gasteiger partial charge is 0.469 e. The van der Waals surface area contributed by atoms with Crippen LogP contribution in [0.2, 0.25) is 0 Å². The Morgan fingerprint density at radius 1 is 1.33 bits per heavy atom. The third-order valence-corrected chi connectivity index (χ3v) is 5.42. The first-order valence-electron chi connectivity index (χ1n) is 6.69. The van der Waals surface area contributed by atoms with Gasteiger partial charge in [-0.15, -0.1) is 0 Å². The van der Waals surface area contributed by atoms with E-state index < -0.39 is 10.0 Å². The molecular formula is C15H18BrNO3S. The minimum Gasteiger partial charge on any atom is -0.469 e. The van der Waals surface area contributed by atoms with E-state index in [2.05, 4.69) is 20.7 Å². The smallest absolute Gasteiger partial charge is 0.241 e. The summed E-state index contributed by atoms with van der Waals surface area (Å²) >= 11 is 3.31. The first-order chi connectivity index (χ1) is 9.88. The molecule has 1 heterocycles. The molecular weight excluding hydrogens is 354 g/mol. The number of aryl methyl sites for hydroxylation is 2. The van der Waals surface area contributed by atoms with Gasteiger partial charge in [-0.3, -0.25) is 0 Å². The average Bonchev–Trinajstić information content (AvgIpc) is 2.92. The molecule has 1 atom stereocenters. The lowest BCUT2D eigenvalue weighted by Crippen LogP contribution is -2.33. The number of benzene rings is 1. The summed E-state index contributed by atoms with van der Waals surface area (Å²) in [7, 11) is -3.51. The van der Waals surface area contributed by atoms with Crippen LogP contribution in [0.4, 0.5) is 0 Å². The molecule has 114 valence electrons. The summed E-state index contributed by atoms with van der Waals surface area (Å²) in [5.74, 6) is 0.861. The van der Waals surface area contributed by atoms with Gasteiger partial charge in [0, 0.05) is 16.9 Å². The number of hydrogen-bond acceptors (Lipinski definition) is 3. The van der Waals surface area contributed by atoms with Gasteiger partial charge in [0.2, 0.25) is 10.0 Å². The van der Waals surface area contributed by atoms with Crippen LogP contribution in [-0.4, -0.2) is 14.5 Å². The van der Waals surface area contributed by atoms with E-state index >= 15 is 0 Å². The predicted molar refractivity (Wildman–Crippen MR) is 85.7 cm³/mol. The standard InChI is InChI=1S/C15H18BrNO3S/c1-11-5-7-13(16)10-15(11)21(18,19)17-12(2)6-8-14-4-3-9-20-14/h3-5,7,9-10,12,17H,6,8H2,1-2H3. The van der Waals surface area contributed by atoms with Gasteiger partial charge in [-0.25, -0.2) is 13.1 Å². The molecule has 0 spiro atoms. The molecule has 0 fully saturated rings. The van der Waals surface area contributed by atoms with Gasteiger partial charge in [0.05, 0.1) is 11.2 Å². The number of halogens is 1. The number of nitrogens with one attached hydrogen (secondary N) is 1. The van der Waals surface area contributed by atoms with Crippen LogP contribution in [0.25, 0.3) is 0 Å². The Bertz CT molecular complexity index is 696. The van der Waals surface area contributed by atoms with E-state index in [-0.39, 0.29) is 6.04 Å². The maximum atomic E-state index is 12.4. The van der Waals surface area contributed by atoms with Crippen molar-refractivity contribution in [3.63, 3.8) is 0 Å². The molecule has 0 aliphatic carbocycles. The van der Waals surface area contributed by atoms with E-state index in [1.807, 2.05) is 25.1 Å². The third-order valence-electron chi connectivity index (χ3n) is 3.20. The van der Waals surface area contributed by atoms with Crippen LogP contribution in [0.15, 0.2) is 50.4 Å². The Labute approximate surface area is 133 Å². The fourth-order valence-corrected chi connectivity index (χ4v) is 4.13. The molecule has 0 radical (unpaired) electrons. The molecule has 1 N–H and O–H groups in total. The Morgan fingerprint density at radius 2 is 2.10 bits per heavy atom. The van der Waals surface area contributed by atoms with E-state index in [4.69, 9.17) is 4.42 Å². The second-order valence-electron chi connectivity index (χ2n) is 5.05. The first kappa shape index (κ1) is 16.3. The number of furan rings is 1. The van der Waals surface area contributed by atoms with E-state index in [0.29, 0.717) is 17.7 Å². The average molecular weight is 372 g/mol. The molecule has 0 amide bonds. The molecule has 1 aromatic carbocycles. The molecule has 6 heteroatoms. The van der Waals surface area contributed by atoms with Gasteiger partial charge in [-0.05, 0) is 50.1 Å². The van der Waals surface area contributed by atoms with E-state index in [1.165, 1.54) is 0 Å². The SMILES string of the molecule is Cc1ccc(Br)cc1S(=O)(=O)NC(C)CCc1ccco1. The van der Waals surface area contributed by atoms with E-state index in [1.54, 1.807) is 25.3 Å². The second-order valence-corrected chi connectivity index (χ2v) is 7.65. The molecule has 0 bridgehead atoms. The van der Waals surface area contributed by atoms with Crippen LogP contribution < -0.4 is 4.72 Å². The van der Waals surface area contributed by atoms with Gasteiger partial charge in [0.25, 0.3) is 0 Å². The third kappa shape index (κ3) is 4.43. The molecule has 1 aromatic heterocycles. The van der Waals surface area contributed by atoms with Crippen molar-refractivity contribution in [2.45, 2.75) is 37.6 Å². The van der Waals surface area contributed by atoms with E-state index in [9.17, 15) is 8.42 Å². The minimum absolute atomic E-state index is 0.168. The first-order valence-corrected chi connectivity index (χ1v) is 8.97. The lowest BCUT2D eigenvalue weighted by Gasteiger charge is -2.15. The summed E-state index contributed by atoms with van der Waals surface area (Å²) in [5.41, 5.74) is 0.726. The monoisotopic (exact) mass is 371 g/mol. The van der Waals surface area contributed by atoms with Crippen molar-refractivity contribution in [2.75, 3.05) is 0 Å². The molecule has 0 aliphatic heterocycles. The van der Waals surface area contributed by atoms with Crippen LogP contribution in [-0.2, 0) is 16.4 Å². The van der Waals surface area contributed by atoms with Crippen LogP contribution in [0, 0.1) is 6.92 Å². The highest BCUT2D eigenvalue weighted by Crippen LogP contribution is 2.21. The zero-order chi connectivity index (χ0) is 15.5. The normalized spacial score (nSPS) is 13.3. The number of hydrogen-bond donors (Lipinski definition) is 1. The molecule has 4 nitrogen and oxygen atoms in total. The second kappa shape index (κ2) is 6.77. The summed E-state index contributed by atoms with van der Waals surface area (Å²) in [4.78, 5) is 0.307. The van der Waals surface area contributed by atoms with Crippen molar-refractivity contribution in [1.29, 1.82) is 0 Å². The summed E-state index contributed by atoms with van der Waals surface area (Å²) in [6.07, 6.45) is 3.00. The number of sulfonamides is 1. The lowest BCUT2D eigenvalue weighted by atomic mass is 10.2. The van der Waals surface area contributed by atoms with Crippen LogP contribution >= 0.6 is 15.9 Å². The zero-order valence-electron chi connectivity index (χ0n) is 12.0. The van der Waals surface area contributed by atoms with Gasteiger partial charge >= 0.3 is 0 Å². The van der Waals surface area contributed by atoms with Gasteiger partial charge in [-0.2, -0.15) is 0 Å². The topological polar surface area (TPSA) is 59.3 Å². The lowest BCUT2D eigenvalue weighted by molar-refractivity contribution is 0.480. The maximum absolute atomic E-state index is 12.4. The Balaban J connectivity index is 2.04. The minimum atomic E-state index is -3.51. The summed E-state index contributed by atoms with van der Waals surface area (Å²) < 4.78 is 33.6. The van der Waals surface area contributed by atoms with Crippen LogP contribution in [0.5, 0.6) is 0 Å². The van der Waals surface area contributed by atoms with Crippen LogP contribution in [0.1, 0.15) is 24.7 Å². The fraction of sp³-hybridized carbons (Fsp3) is 0.333.